The van der Waals surface area contributed by atoms with Gasteiger partial charge in [-0.1, -0.05) is 12.1 Å². The van der Waals surface area contributed by atoms with Gasteiger partial charge in [0.2, 0.25) is 6.39 Å². The van der Waals surface area contributed by atoms with Gasteiger partial charge in [0.25, 0.3) is 5.69 Å². The van der Waals surface area contributed by atoms with Crippen molar-refractivity contribution in [1.29, 1.82) is 0 Å². The van der Waals surface area contributed by atoms with Crippen molar-refractivity contribution in [3.63, 3.8) is 0 Å². The van der Waals surface area contributed by atoms with Crippen LogP contribution < -0.4 is 10.6 Å². The molecule has 0 aliphatic rings. The molecule has 2 rings (SSSR count). The van der Waals surface area contributed by atoms with Gasteiger partial charge >= 0.3 is 0 Å². The molecule has 0 spiro atoms. The maximum Gasteiger partial charge on any atom is 0.276 e. The van der Waals surface area contributed by atoms with E-state index < -0.39 is 4.92 Å². The molecule has 0 fully saturated rings. The monoisotopic (exact) mass is 292 g/mol. The maximum absolute atomic E-state index is 10.9. The highest BCUT2D eigenvalue weighted by Gasteiger charge is 2.11. The Morgan fingerprint density at radius 3 is 2.57 bits per heavy atom. The van der Waals surface area contributed by atoms with Crippen LogP contribution >= 0.6 is 0 Å². The lowest BCUT2D eigenvalue weighted by Crippen LogP contribution is -2.09. The van der Waals surface area contributed by atoms with E-state index in [1.54, 1.807) is 0 Å². The summed E-state index contributed by atoms with van der Waals surface area (Å²) in [5.41, 5.74) is -0.00864. The Balaban J connectivity index is 2.02. The molecule has 0 bridgehead atoms. The van der Waals surface area contributed by atoms with E-state index in [9.17, 15) is 10.1 Å². The zero-order chi connectivity index (χ0) is 15.1. The lowest BCUT2D eigenvalue weighted by atomic mass is 10.3. The molecule has 0 aromatic carbocycles. The van der Waals surface area contributed by atoms with Gasteiger partial charge in [-0.05, 0) is 6.42 Å². The lowest BCUT2D eigenvalue weighted by molar-refractivity contribution is -0.384. The van der Waals surface area contributed by atoms with E-state index in [-0.39, 0.29) is 5.69 Å². The van der Waals surface area contributed by atoms with E-state index in [1.165, 1.54) is 18.5 Å². The van der Waals surface area contributed by atoms with E-state index in [2.05, 4.69) is 30.3 Å². The van der Waals surface area contributed by atoms with Crippen molar-refractivity contribution < 1.29 is 9.45 Å². The maximum atomic E-state index is 10.9. The first-order valence-corrected chi connectivity index (χ1v) is 6.58. The number of aromatic nitrogens is 3. The highest BCUT2D eigenvalue weighted by molar-refractivity contribution is 5.54. The lowest BCUT2D eigenvalue weighted by Gasteiger charge is -2.08. The van der Waals surface area contributed by atoms with Gasteiger partial charge in [0.15, 0.2) is 5.82 Å². The first kappa shape index (κ1) is 14.7. The molecular weight excluding hydrogens is 276 g/mol. The minimum atomic E-state index is -0.441. The number of rotatable bonds is 8. The molecule has 21 heavy (non-hydrogen) atoms. The fraction of sp³-hybridized carbons (Fsp3) is 0.417. The quantitative estimate of drug-likeness (QED) is 0.558. The summed E-state index contributed by atoms with van der Waals surface area (Å²) >= 11 is 0. The van der Waals surface area contributed by atoms with Crippen LogP contribution in [0.2, 0.25) is 0 Å². The Morgan fingerprint density at radius 1 is 1.29 bits per heavy atom. The second kappa shape index (κ2) is 7.17. The van der Waals surface area contributed by atoms with Crippen LogP contribution in [-0.4, -0.2) is 33.1 Å². The average Bonchev–Trinajstić information content (AvgIpc) is 2.98. The molecule has 9 heteroatoms. The first-order valence-electron chi connectivity index (χ1n) is 6.58. The van der Waals surface area contributed by atoms with Crippen LogP contribution in [0.3, 0.4) is 0 Å². The van der Waals surface area contributed by atoms with Gasteiger partial charge in [-0.2, -0.15) is 4.98 Å². The molecule has 0 saturated carbocycles. The van der Waals surface area contributed by atoms with Crippen LogP contribution in [0.5, 0.6) is 0 Å². The summed E-state index contributed by atoms with van der Waals surface area (Å²) in [5.74, 6) is 1.48. The van der Waals surface area contributed by atoms with Crippen molar-refractivity contribution in [2.24, 2.45) is 0 Å². The summed E-state index contributed by atoms with van der Waals surface area (Å²) in [6, 6.07) is 2.81. The van der Waals surface area contributed by atoms with Gasteiger partial charge in [-0.15, -0.1) is 0 Å². The molecule has 112 valence electrons. The smallest absolute Gasteiger partial charge is 0.276 e. The van der Waals surface area contributed by atoms with Gasteiger partial charge in [-0.25, -0.2) is 4.98 Å². The highest BCUT2D eigenvalue weighted by atomic mass is 16.6. The molecule has 0 atom stereocenters. The van der Waals surface area contributed by atoms with E-state index >= 15 is 0 Å². The third-order valence-electron chi connectivity index (χ3n) is 2.64. The van der Waals surface area contributed by atoms with Gasteiger partial charge in [0.05, 0.1) is 17.1 Å². The minimum absolute atomic E-state index is 0.00864. The van der Waals surface area contributed by atoms with Crippen molar-refractivity contribution in [3.05, 3.63) is 34.5 Å². The van der Waals surface area contributed by atoms with Crippen LogP contribution in [-0.2, 0) is 6.42 Å². The van der Waals surface area contributed by atoms with Crippen LogP contribution in [0, 0.1) is 10.1 Å². The zero-order valence-electron chi connectivity index (χ0n) is 11.6. The second-order valence-electron chi connectivity index (χ2n) is 4.30. The first-order chi connectivity index (χ1) is 10.2. The van der Waals surface area contributed by atoms with Crippen LogP contribution in [0.1, 0.15) is 19.2 Å². The Morgan fingerprint density at radius 2 is 2.00 bits per heavy atom. The molecule has 2 heterocycles. The highest BCUT2D eigenvalue weighted by Crippen LogP contribution is 2.20. The number of pyridine rings is 1. The third kappa shape index (κ3) is 4.41. The summed E-state index contributed by atoms with van der Waals surface area (Å²) < 4.78 is 4.63. The summed E-state index contributed by atoms with van der Waals surface area (Å²) in [6.07, 6.45) is 2.71. The molecule has 0 radical (unpaired) electrons. The average molecular weight is 292 g/mol. The van der Waals surface area contributed by atoms with Crippen molar-refractivity contribution in [3.8, 4) is 0 Å². The van der Waals surface area contributed by atoms with Crippen molar-refractivity contribution in [1.82, 2.24) is 15.1 Å². The normalized spacial score (nSPS) is 10.3. The molecule has 0 unspecified atom stereocenters. The largest absolute Gasteiger partial charge is 0.370 e. The van der Waals surface area contributed by atoms with Crippen LogP contribution in [0.15, 0.2) is 23.0 Å². The van der Waals surface area contributed by atoms with Gasteiger partial charge in [0.1, 0.15) is 11.6 Å². The summed E-state index contributed by atoms with van der Waals surface area (Å²) in [7, 11) is 0. The number of nitrogens with one attached hydrogen (secondary N) is 2. The molecule has 2 aromatic heterocycles. The van der Waals surface area contributed by atoms with E-state index in [1.807, 2.05) is 6.92 Å². The summed E-state index contributed by atoms with van der Waals surface area (Å²) in [6.45, 7) is 3.21. The summed E-state index contributed by atoms with van der Waals surface area (Å²) in [5, 5.41) is 20.7. The van der Waals surface area contributed by atoms with Gasteiger partial charge in [-0.3, -0.25) is 10.1 Å². The van der Waals surface area contributed by atoms with E-state index in [4.69, 9.17) is 0 Å². The Bertz CT molecular complexity index is 587. The molecule has 0 aliphatic carbocycles. The van der Waals surface area contributed by atoms with Crippen molar-refractivity contribution in [2.45, 2.75) is 19.8 Å². The molecule has 0 saturated heterocycles. The van der Waals surface area contributed by atoms with E-state index in [0.717, 1.165) is 6.42 Å². The number of nitro groups is 1. The standard InChI is InChI=1S/C12H16N6O3/c1-2-4-13-11-6-9(18(19)20)7-12(16-11)14-5-3-10-15-8-21-17-10/h6-8H,2-5H2,1H3,(H2,13,14,16). The van der Waals surface area contributed by atoms with Crippen LogP contribution in [0.4, 0.5) is 17.3 Å². The third-order valence-corrected chi connectivity index (χ3v) is 2.64. The number of hydrogen-bond donors (Lipinski definition) is 2. The SMILES string of the molecule is CCCNc1cc([N+](=O)[O-])cc(NCCc2ncon2)n1. The molecule has 9 nitrogen and oxygen atoms in total. The summed E-state index contributed by atoms with van der Waals surface area (Å²) in [4.78, 5) is 18.7. The van der Waals surface area contributed by atoms with Gasteiger partial charge in [0, 0.05) is 19.5 Å². The Hall–Kier alpha value is -2.71. The predicted octanol–water partition coefficient (Wildman–Crippen LogP) is 1.85. The zero-order valence-corrected chi connectivity index (χ0v) is 11.6. The second-order valence-corrected chi connectivity index (χ2v) is 4.30. The number of hydrogen-bond acceptors (Lipinski definition) is 8. The topological polar surface area (TPSA) is 119 Å². The molecule has 2 N–H and O–H groups in total. The van der Waals surface area contributed by atoms with Crippen molar-refractivity contribution >= 4 is 17.3 Å². The predicted molar refractivity (Wildman–Crippen MR) is 76.2 cm³/mol. The van der Waals surface area contributed by atoms with Crippen LogP contribution in [0.25, 0.3) is 0 Å². The van der Waals surface area contributed by atoms with Gasteiger partial charge < -0.3 is 15.2 Å². The molecule has 2 aromatic rings. The number of anilines is 2. The fourth-order valence-corrected chi connectivity index (χ4v) is 1.66. The number of nitrogens with zero attached hydrogens (tertiary/aromatic N) is 4. The van der Waals surface area contributed by atoms with Crippen molar-refractivity contribution in [2.75, 3.05) is 23.7 Å². The minimum Gasteiger partial charge on any atom is -0.370 e. The fourth-order valence-electron chi connectivity index (χ4n) is 1.66. The molecular formula is C12H16N6O3. The molecule has 0 amide bonds. The molecule has 0 aliphatic heterocycles. The Labute approximate surface area is 120 Å². The Kier molecular flexibility index (Phi) is 5.02. The van der Waals surface area contributed by atoms with E-state index in [0.29, 0.717) is 37.0 Å².